The van der Waals surface area contributed by atoms with Crippen molar-refractivity contribution in [3.8, 4) is 0 Å². The van der Waals surface area contributed by atoms with Gasteiger partial charge in [-0.15, -0.1) is 0 Å². The van der Waals surface area contributed by atoms with Crippen LogP contribution in [0.1, 0.15) is 51.9 Å². The van der Waals surface area contributed by atoms with E-state index in [1.54, 1.807) is 0 Å². The molecule has 0 aliphatic heterocycles. The van der Waals surface area contributed by atoms with Crippen LogP contribution in [0.25, 0.3) is 0 Å². The monoisotopic (exact) mass is 225 g/mol. The van der Waals surface area contributed by atoms with Gasteiger partial charge < -0.3 is 10.1 Å². The van der Waals surface area contributed by atoms with Crippen LogP contribution in [0, 0.1) is 11.3 Å². The third-order valence-electron chi connectivity index (χ3n) is 4.32. The SMILES string of the molecule is CCCC(NCC1(CCOC)CC1)C1CC1. The zero-order valence-corrected chi connectivity index (χ0v) is 10.9. The van der Waals surface area contributed by atoms with E-state index in [0.29, 0.717) is 5.41 Å². The molecule has 16 heavy (non-hydrogen) atoms. The standard InChI is InChI=1S/C14H27NO/c1-3-4-13(12-5-6-12)15-11-14(7-8-14)9-10-16-2/h12-13,15H,3-11H2,1-2H3. The molecular weight excluding hydrogens is 198 g/mol. The summed E-state index contributed by atoms with van der Waals surface area (Å²) in [5.41, 5.74) is 0.608. The van der Waals surface area contributed by atoms with E-state index in [-0.39, 0.29) is 0 Å². The molecule has 0 radical (unpaired) electrons. The van der Waals surface area contributed by atoms with E-state index in [2.05, 4.69) is 12.2 Å². The number of hydrogen-bond donors (Lipinski definition) is 1. The van der Waals surface area contributed by atoms with E-state index in [1.165, 1.54) is 51.5 Å². The summed E-state index contributed by atoms with van der Waals surface area (Å²) < 4.78 is 5.20. The van der Waals surface area contributed by atoms with Gasteiger partial charge in [-0.05, 0) is 49.9 Å². The molecule has 2 aliphatic carbocycles. The summed E-state index contributed by atoms with van der Waals surface area (Å²) in [4.78, 5) is 0. The highest BCUT2D eigenvalue weighted by Gasteiger charge is 2.42. The van der Waals surface area contributed by atoms with Gasteiger partial charge in [-0.2, -0.15) is 0 Å². The summed E-state index contributed by atoms with van der Waals surface area (Å²) in [6, 6.07) is 0.810. The predicted octanol–water partition coefficient (Wildman–Crippen LogP) is 2.97. The van der Waals surface area contributed by atoms with Crippen molar-refractivity contribution in [1.82, 2.24) is 5.32 Å². The van der Waals surface area contributed by atoms with Crippen molar-refractivity contribution in [2.24, 2.45) is 11.3 Å². The number of hydrogen-bond acceptors (Lipinski definition) is 2. The largest absolute Gasteiger partial charge is 0.385 e. The van der Waals surface area contributed by atoms with Crippen LogP contribution < -0.4 is 5.32 Å². The molecule has 2 fully saturated rings. The molecule has 0 saturated heterocycles. The third kappa shape index (κ3) is 3.46. The molecule has 1 atom stereocenters. The van der Waals surface area contributed by atoms with Crippen LogP contribution in [0.3, 0.4) is 0 Å². The predicted molar refractivity (Wildman–Crippen MR) is 67.6 cm³/mol. The van der Waals surface area contributed by atoms with Crippen molar-refractivity contribution < 1.29 is 4.74 Å². The van der Waals surface area contributed by atoms with Crippen LogP contribution in [0.2, 0.25) is 0 Å². The van der Waals surface area contributed by atoms with Crippen molar-refractivity contribution in [1.29, 1.82) is 0 Å². The Hall–Kier alpha value is -0.0800. The van der Waals surface area contributed by atoms with Gasteiger partial charge in [0.2, 0.25) is 0 Å². The molecule has 0 aromatic carbocycles. The lowest BCUT2D eigenvalue weighted by molar-refractivity contribution is 0.169. The molecule has 0 aromatic heterocycles. The molecule has 1 N–H and O–H groups in total. The molecule has 2 saturated carbocycles. The van der Waals surface area contributed by atoms with Crippen LogP contribution >= 0.6 is 0 Å². The fourth-order valence-corrected chi connectivity index (χ4v) is 2.67. The summed E-state index contributed by atoms with van der Waals surface area (Å²) >= 11 is 0. The topological polar surface area (TPSA) is 21.3 Å². The highest BCUT2D eigenvalue weighted by atomic mass is 16.5. The Kier molecular flexibility index (Phi) is 4.26. The van der Waals surface area contributed by atoms with Gasteiger partial charge in [0.05, 0.1) is 0 Å². The van der Waals surface area contributed by atoms with Crippen molar-refractivity contribution >= 4 is 0 Å². The molecule has 0 bridgehead atoms. The van der Waals surface area contributed by atoms with Crippen LogP contribution in [0.4, 0.5) is 0 Å². The molecule has 2 aliphatic rings. The van der Waals surface area contributed by atoms with Crippen molar-refractivity contribution in [2.75, 3.05) is 20.3 Å². The second-order valence-electron chi connectivity index (χ2n) is 5.86. The molecule has 0 heterocycles. The lowest BCUT2D eigenvalue weighted by Crippen LogP contribution is -2.36. The maximum Gasteiger partial charge on any atom is 0.0468 e. The van der Waals surface area contributed by atoms with Crippen LogP contribution in [-0.4, -0.2) is 26.3 Å². The minimum Gasteiger partial charge on any atom is -0.385 e. The van der Waals surface area contributed by atoms with E-state index >= 15 is 0 Å². The van der Waals surface area contributed by atoms with Gasteiger partial charge in [0.15, 0.2) is 0 Å². The minimum atomic E-state index is 0.608. The van der Waals surface area contributed by atoms with E-state index < -0.39 is 0 Å². The van der Waals surface area contributed by atoms with E-state index in [0.717, 1.165) is 18.6 Å². The lowest BCUT2D eigenvalue weighted by Gasteiger charge is -2.22. The van der Waals surface area contributed by atoms with Gasteiger partial charge in [0.1, 0.15) is 0 Å². The lowest BCUT2D eigenvalue weighted by atomic mass is 10.0. The fraction of sp³-hybridized carbons (Fsp3) is 1.00. The Morgan fingerprint density at radius 1 is 1.38 bits per heavy atom. The molecule has 1 unspecified atom stereocenters. The number of nitrogens with one attached hydrogen (secondary N) is 1. The maximum absolute atomic E-state index is 5.20. The first-order chi connectivity index (χ1) is 7.79. The first-order valence-electron chi connectivity index (χ1n) is 7.02. The molecule has 2 heteroatoms. The quantitative estimate of drug-likeness (QED) is 0.651. The summed E-state index contributed by atoms with van der Waals surface area (Å²) in [6.45, 7) is 4.47. The Morgan fingerprint density at radius 3 is 2.62 bits per heavy atom. The second-order valence-corrected chi connectivity index (χ2v) is 5.86. The van der Waals surface area contributed by atoms with Crippen LogP contribution in [0.5, 0.6) is 0 Å². The Morgan fingerprint density at radius 2 is 2.12 bits per heavy atom. The molecular formula is C14H27NO. The van der Waals surface area contributed by atoms with Gasteiger partial charge in [0.25, 0.3) is 0 Å². The van der Waals surface area contributed by atoms with Gasteiger partial charge >= 0.3 is 0 Å². The second kappa shape index (κ2) is 5.50. The summed E-state index contributed by atoms with van der Waals surface area (Å²) in [7, 11) is 1.81. The maximum atomic E-state index is 5.20. The molecule has 0 amide bonds. The Labute approximate surface area is 100 Å². The van der Waals surface area contributed by atoms with Gasteiger partial charge in [-0.25, -0.2) is 0 Å². The summed E-state index contributed by atoms with van der Waals surface area (Å²) in [5, 5.41) is 3.84. The smallest absolute Gasteiger partial charge is 0.0468 e. The van der Waals surface area contributed by atoms with Gasteiger partial charge in [-0.3, -0.25) is 0 Å². The van der Waals surface area contributed by atoms with Crippen molar-refractivity contribution in [3.05, 3.63) is 0 Å². The van der Waals surface area contributed by atoms with E-state index in [1.807, 2.05) is 7.11 Å². The third-order valence-corrected chi connectivity index (χ3v) is 4.32. The molecule has 0 aromatic rings. The summed E-state index contributed by atoms with van der Waals surface area (Å²) in [5.74, 6) is 0.998. The van der Waals surface area contributed by atoms with Crippen molar-refractivity contribution in [2.45, 2.75) is 57.9 Å². The Bertz CT molecular complexity index is 209. The average Bonchev–Trinajstić information content (AvgIpc) is 3.15. The van der Waals surface area contributed by atoms with Gasteiger partial charge in [-0.1, -0.05) is 13.3 Å². The molecule has 94 valence electrons. The average molecular weight is 225 g/mol. The van der Waals surface area contributed by atoms with Crippen LogP contribution in [-0.2, 0) is 4.74 Å². The highest BCUT2D eigenvalue weighted by Crippen LogP contribution is 2.48. The number of methoxy groups -OCH3 is 1. The molecule has 2 rings (SSSR count). The van der Waals surface area contributed by atoms with E-state index in [9.17, 15) is 0 Å². The number of rotatable bonds is 9. The van der Waals surface area contributed by atoms with Crippen LogP contribution in [0.15, 0.2) is 0 Å². The summed E-state index contributed by atoms with van der Waals surface area (Å²) in [6.07, 6.45) is 9.68. The first kappa shape index (κ1) is 12.4. The zero-order chi connectivity index (χ0) is 11.4. The molecule has 2 nitrogen and oxygen atoms in total. The normalized spacial score (nSPS) is 24.4. The number of ether oxygens (including phenoxy) is 1. The highest BCUT2D eigenvalue weighted by molar-refractivity contribution is 4.97. The first-order valence-corrected chi connectivity index (χ1v) is 7.02. The molecule has 0 spiro atoms. The Balaban J connectivity index is 1.68. The zero-order valence-electron chi connectivity index (χ0n) is 10.9. The van der Waals surface area contributed by atoms with E-state index in [4.69, 9.17) is 4.74 Å². The van der Waals surface area contributed by atoms with Crippen molar-refractivity contribution in [3.63, 3.8) is 0 Å². The minimum absolute atomic E-state index is 0.608. The fourth-order valence-electron chi connectivity index (χ4n) is 2.67. The van der Waals surface area contributed by atoms with Gasteiger partial charge in [0, 0.05) is 26.3 Å².